The molecule has 0 aliphatic carbocycles. The molecular formula is C14H9F3N4OS. The van der Waals surface area contributed by atoms with Gasteiger partial charge in [0, 0.05) is 23.5 Å². The number of alkyl halides is 3. The third-order valence-electron chi connectivity index (χ3n) is 3.02. The number of amides is 1. The molecule has 118 valence electrons. The minimum atomic E-state index is -4.34. The lowest BCUT2D eigenvalue weighted by Crippen LogP contribution is -2.26. The second kappa shape index (κ2) is 5.99. The van der Waals surface area contributed by atoms with Crippen LogP contribution in [0.1, 0.15) is 11.5 Å². The Bertz CT molecular complexity index is 734. The van der Waals surface area contributed by atoms with Crippen molar-refractivity contribution in [1.82, 2.24) is 9.97 Å². The Morgan fingerprint density at radius 2 is 1.74 bits per heavy atom. The van der Waals surface area contributed by atoms with Crippen LogP contribution >= 0.6 is 11.8 Å². The van der Waals surface area contributed by atoms with Crippen LogP contribution in [0.15, 0.2) is 52.7 Å². The van der Waals surface area contributed by atoms with Gasteiger partial charge in [-0.25, -0.2) is 9.97 Å². The zero-order valence-corrected chi connectivity index (χ0v) is 12.3. The number of aromatic nitrogens is 2. The van der Waals surface area contributed by atoms with E-state index >= 15 is 0 Å². The molecule has 9 heteroatoms. The zero-order chi connectivity index (χ0) is 16.4. The van der Waals surface area contributed by atoms with E-state index in [0.717, 1.165) is 5.01 Å². The Balaban J connectivity index is 1.76. The number of nitrogens with zero attached hydrogens (tertiary/aromatic N) is 4. The second-order valence-electron chi connectivity index (χ2n) is 4.56. The zero-order valence-electron chi connectivity index (χ0n) is 11.4. The molecule has 1 aliphatic heterocycles. The van der Waals surface area contributed by atoms with E-state index < -0.39 is 11.4 Å². The van der Waals surface area contributed by atoms with Crippen LogP contribution in [0.3, 0.4) is 0 Å². The van der Waals surface area contributed by atoms with E-state index in [9.17, 15) is 18.0 Å². The molecule has 2 heterocycles. The van der Waals surface area contributed by atoms with Crippen molar-refractivity contribution in [3.8, 4) is 0 Å². The van der Waals surface area contributed by atoms with Gasteiger partial charge in [-0.1, -0.05) is 12.1 Å². The van der Waals surface area contributed by atoms with Crippen LogP contribution < -0.4 is 5.01 Å². The van der Waals surface area contributed by atoms with Gasteiger partial charge in [0.05, 0.1) is 0 Å². The van der Waals surface area contributed by atoms with Gasteiger partial charge in [-0.15, -0.1) is 0 Å². The summed E-state index contributed by atoms with van der Waals surface area (Å²) in [5.41, 5.74) is -3.78. The van der Waals surface area contributed by atoms with E-state index in [-0.39, 0.29) is 28.5 Å². The number of hydrogen-bond acceptors (Lipinski definition) is 5. The fraction of sp³-hybridized carbons (Fsp3) is 0.143. The maximum atomic E-state index is 12.4. The average molecular weight is 338 g/mol. The second-order valence-corrected chi connectivity index (χ2v) is 5.70. The lowest BCUT2D eigenvalue weighted by molar-refractivity contribution is -0.118. The van der Waals surface area contributed by atoms with Gasteiger partial charge in [0.15, 0.2) is 0 Å². The van der Waals surface area contributed by atoms with Gasteiger partial charge < -0.3 is 0 Å². The van der Waals surface area contributed by atoms with Crippen LogP contribution in [-0.4, -0.2) is 27.6 Å². The van der Waals surface area contributed by atoms with Crippen LogP contribution in [-0.2, 0) is 4.79 Å². The summed E-state index contributed by atoms with van der Waals surface area (Å²) in [5.74, 6) is -0.864. The van der Waals surface area contributed by atoms with Crippen LogP contribution in [0, 0.1) is 0 Å². The number of rotatable bonds is 3. The largest absolute Gasteiger partial charge is 0.446 e. The van der Waals surface area contributed by atoms with Crippen LogP contribution in [0.25, 0.3) is 0 Å². The summed E-state index contributed by atoms with van der Waals surface area (Å²) < 4.78 is 36.9. The molecule has 2 aromatic rings. The molecule has 0 bridgehead atoms. The van der Waals surface area contributed by atoms with Gasteiger partial charge in [0.25, 0.3) is 11.9 Å². The summed E-state index contributed by atoms with van der Waals surface area (Å²) in [4.78, 5) is 20.3. The Morgan fingerprint density at radius 3 is 2.35 bits per heavy atom. The van der Waals surface area contributed by atoms with E-state index in [1.165, 1.54) is 42.9 Å². The first-order valence-electron chi connectivity index (χ1n) is 6.45. The fourth-order valence-corrected chi connectivity index (χ4v) is 2.58. The quantitative estimate of drug-likeness (QED) is 0.807. The Labute approximate surface area is 133 Å². The average Bonchev–Trinajstić information content (AvgIpc) is 2.89. The first kappa shape index (κ1) is 15.5. The molecule has 0 saturated heterocycles. The number of halogens is 3. The third kappa shape index (κ3) is 3.50. The highest BCUT2D eigenvalue weighted by Gasteiger charge is 2.33. The molecule has 0 spiro atoms. The molecule has 0 radical (unpaired) electrons. The third-order valence-corrected chi connectivity index (χ3v) is 3.76. The summed E-state index contributed by atoms with van der Waals surface area (Å²) >= 11 is -0.199. The van der Waals surface area contributed by atoms with E-state index in [4.69, 9.17) is 0 Å². The number of hydrogen-bond donors (Lipinski definition) is 0. The predicted molar refractivity (Wildman–Crippen MR) is 79.1 cm³/mol. The molecule has 5 nitrogen and oxygen atoms in total. The normalized spacial score (nSPS) is 17.8. The molecule has 1 aliphatic rings. The highest BCUT2D eigenvalue weighted by atomic mass is 32.2. The summed E-state index contributed by atoms with van der Waals surface area (Å²) in [5, 5.41) is 5.05. The Kier molecular flexibility index (Phi) is 4.03. The number of thioether (sulfide) groups is 1. The van der Waals surface area contributed by atoms with Crippen molar-refractivity contribution < 1.29 is 18.0 Å². The van der Waals surface area contributed by atoms with Gasteiger partial charge >= 0.3 is 5.51 Å². The van der Waals surface area contributed by atoms with Crippen molar-refractivity contribution in [2.75, 3.05) is 5.01 Å². The van der Waals surface area contributed by atoms with Crippen LogP contribution in [0.5, 0.6) is 0 Å². The molecule has 1 amide bonds. The molecule has 1 aromatic heterocycles. The maximum absolute atomic E-state index is 12.4. The standard InChI is InChI=1S/C14H9F3N4OS/c15-14(16,17)23-10-4-2-9(3-5-10)11-8-20-21(12(11)22)13-18-6-1-7-19-13/h1-8,11H. The summed E-state index contributed by atoms with van der Waals surface area (Å²) in [6.07, 6.45) is 4.40. The summed E-state index contributed by atoms with van der Waals surface area (Å²) in [7, 11) is 0. The smallest absolute Gasteiger partial charge is 0.271 e. The van der Waals surface area contributed by atoms with E-state index in [1.807, 2.05) is 0 Å². The number of hydrazone groups is 1. The van der Waals surface area contributed by atoms with Crippen LogP contribution in [0.2, 0.25) is 0 Å². The highest BCUT2D eigenvalue weighted by molar-refractivity contribution is 8.00. The van der Waals surface area contributed by atoms with E-state index in [2.05, 4.69) is 15.1 Å². The molecule has 23 heavy (non-hydrogen) atoms. The Morgan fingerprint density at radius 1 is 1.09 bits per heavy atom. The van der Waals surface area contributed by atoms with Crippen molar-refractivity contribution in [1.29, 1.82) is 0 Å². The van der Waals surface area contributed by atoms with E-state index in [1.54, 1.807) is 6.07 Å². The molecule has 0 N–H and O–H groups in total. The molecule has 3 rings (SSSR count). The molecule has 0 fully saturated rings. The highest BCUT2D eigenvalue weighted by Crippen LogP contribution is 2.37. The first-order chi connectivity index (χ1) is 10.9. The number of anilines is 1. The van der Waals surface area contributed by atoms with Gasteiger partial charge in [0.1, 0.15) is 5.92 Å². The summed E-state index contributed by atoms with van der Waals surface area (Å²) in [6.45, 7) is 0. The molecule has 1 aromatic carbocycles. The lowest BCUT2D eigenvalue weighted by Gasteiger charge is -2.12. The van der Waals surface area contributed by atoms with Gasteiger partial charge in [0.2, 0.25) is 0 Å². The van der Waals surface area contributed by atoms with Crippen LogP contribution in [0.4, 0.5) is 19.1 Å². The van der Waals surface area contributed by atoms with Gasteiger partial charge in [-0.05, 0) is 35.5 Å². The lowest BCUT2D eigenvalue weighted by atomic mass is 10.0. The number of carbonyl (C=O) groups excluding carboxylic acids is 1. The number of carbonyl (C=O) groups is 1. The van der Waals surface area contributed by atoms with Gasteiger partial charge in [-0.3, -0.25) is 4.79 Å². The molecule has 1 atom stereocenters. The topological polar surface area (TPSA) is 58.5 Å². The van der Waals surface area contributed by atoms with E-state index in [0.29, 0.717) is 5.56 Å². The number of benzene rings is 1. The molecular weight excluding hydrogens is 329 g/mol. The summed E-state index contributed by atoms with van der Waals surface area (Å²) in [6, 6.07) is 7.24. The Hall–Kier alpha value is -2.42. The van der Waals surface area contributed by atoms with Crippen molar-refractivity contribution >= 4 is 29.8 Å². The SMILES string of the molecule is O=C1C(c2ccc(SC(F)(F)F)cc2)C=NN1c1ncccn1. The maximum Gasteiger partial charge on any atom is 0.446 e. The monoisotopic (exact) mass is 338 g/mol. The van der Waals surface area contributed by atoms with Gasteiger partial charge in [-0.2, -0.15) is 23.3 Å². The fourth-order valence-electron chi connectivity index (χ4n) is 2.04. The predicted octanol–water partition coefficient (Wildman–Crippen LogP) is 3.20. The van der Waals surface area contributed by atoms with Crippen molar-refractivity contribution in [2.24, 2.45) is 5.10 Å². The minimum Gasteiger partial charge on any atom is -0.271 e. The van der Waals surface area contributed by atoms with Crippen molar-refractivity contribution in [3.05, 3.63) is 48.3 Å². The molecule has 1 unspecified atom stereocenters. The minimum absolute atomic E-state index is 0.0619. The molecule has 0 saturated carbocycles. The van der Waals surface area contributed by atoms with Crippen molar-refractivity contribution in [3.63, 3.8) is 0 Å². The van der Waals surface area contributed by atoms with Crippen molar-refractivity contribution in [2.45, 2.75) is 16.3 Å². The first-order valence-corrected chi connectivity index (χ1v) is 7.26.